The summed E-state index contributed by atoms with van der Waals surface area (Å²) in [6.45, 7) is 2.12. The first kappa shape index (κ1) is 10.7. The third-order valence-electron chi connectivity index (χ3n) is 4.04. The number of H-pyrrole nitrogens is 1. The fraction of sp³-hybridized carbons (Fsp3) is 0.750. The molecular formula is C12H18N4O. The Bertz CT molecular complexity index is 426. The van der Waals surface area contributed by atoms with Gasteiger partial charge < -0.3 is 5.32 Å². The van der Waals surface area contributed by atoms with E-state index >= 15 is 0 Å². The summed E-state index contributed by atoms with van der Waals surface area (Å²) in [5, 5.41) is 9.96. The van der Waals surface area contributed by atoms with E-state index in [0.717, 1.165) is 37.9 Å². The van der Waals surface area contributed by atoms with Gasteiger partial charge >= 0.3 is 0 Å². The van der Waals surface area contributed by atoms with E-state index in [9.17, 15) is 4.79 Å². The molecule has 0 aromatic carbocycles. The third-order valence-corrected chi connectivity index (χ3v) is 4.04. The second kappa shape index (κ2) is 3.82. The van der Waals surface area contributed by atoms with Gasteiger partial charge in [0.05, 0.1) is 0 Å². The molecule has 17 heavy (non-hydrogen) atoms. The predicted octanol–water partition coefficient (Wildman–Crippen LogP) is 1.74. The minimum Gasteiger partial charge on any atom is -0.344 e. The second-order valence-electron chi connectivity index (χ2n) is 5.26. The zero-order chi connectivity index (χ0) is 11.9. The Balaban J connectivity index is 1.68. The fourth-order valence-electron chi connectivity index (χ4n) is 2.38. The molecule has 0 radical (unpaired) electrons. The van der Waals surface area contributed by atoms with Crippen LogP contribution in [0.15, 0.2) is 0 Å². The van der Waals surface area contributed by atoms with Crippen molar-refractivity contribution in [1.29, 1.82) is 0 Å². The van der Waals surface area contributed by atoms with Crippen molar-refractivity contribution in [2.75, 3.05) is 0 Å². The number of hydrogen-bond acceptors (Lipinski definition) is 3. The van der Waals surface area contributed by atoms with Crippen LogP contribution in [0.2, 0.25) is 0 Å². The summed E-state index contributed by atoms with van der Waals surface area (Å²) in [4.78, 5) is 16.3. The van der Waals surface area contributed by atoms with Crippen LogP contribution in [-0.2, 0) is 0 Å². The molecule has 5 heteroatoms. The largest absolute Gasteiger partial charge is 0.344 e. The second-order valence-corrected chi connectivity index (χ2v) is 5.26. The molecule has 2 fully saturated rings. The van der Waals surface area contributed by atoms with Crippen molar-refractivity contribution in [2.24, 2.45) is 0 Å². The lowest BCUT2D eigenvalue weighted by Crippen LogP contribution is -2.53. The van der Waals surface area contributed by atoms with Crippen molar-refractivity contribution in [2.45, 2.75) is 56.9 Å². The van der Waals surface area contributed by atoms with E-state index in [1.165, 1.54) is 6.42 Å². The molecule has 2 aliphatic rings. The zero-order valence-corrected chi connectivity index (χ0v) is 10.1. The van der Waals surface area contributed by atoms with Crippen molar-refractivity contribution >= 4 is 5.91 Å². The zero-order valence-electron chi connectivity index (χ0n) is 10.1. The van der Waals surface area contributed by atoms with E-state index in [4.69, 9.17) is 0 Å². The van der Waals surface area contributed by atoms with Crippen LogP contribution in [0.4, 0.5) is 0 Å². The first-order valence-electron chi connectivity index (χ1n) is 6.47. The third kappa shape index (κ3) is 1.94. The molecule has 3 rings (SSSR count). The quantitative estimate of drug-likeness (QED) is 0.833. The average molecular weight is 234 g/mol. The number of aromatic nitrogens is 3. The van der Waals surface area contributed by atoms with Gasteiger partial charge in [-0.2, -0.15) is 0 Å². The average Bonchev–Trinajstić information content (AvgIpc) is 3.01. The Morgan fingerprint density at radius 1 is 1.53 bits per heavy atom. The number of aromatic amines is 1. The molecule has 5 nitrogen and oxygen atoms in total. The minimum atomic E-state index is -0.130. The van der Waals surface area contributed by atoms with Crippen LogP contribution in [0, 0.1) is 0 Å². The molecule has 0 unspecified atom stereocenters. The van der Waals surface area contributed by atoms with Gasteiger partial charge in [-0.25, -0.2) is 4.98 Å². The molecule has 2 aliphatic carbocycles. The van der Waals surface area contributed by atoms with Gasteiger partial charge in [0.1, 0.15) is 5.82 Å². The molecule has 2 N–H and O–H groups in total. The number of nitrogens with one attached hydrogen (secondary N) is 2. The van der Waals surface area contributed by atoms with E-state index in [1.807, 2.05) is 0 Å². The summed E-state index contributed by atoms with van der Waals surface area (Å²) in [7, 11) is 0. The van der Waals surface area contributed by atoms with Gasteiger partial charge in [0.2, 0.25) is 5.82 Å². The van der Waals surface area contributed by atoms with Gasteiger partial charge in [-0.05, 0) is 38.5 Å². The van der Waals surface area contributed by atoms with Crippen LogP contribution >= 0.6 is 0 Å². The van der Waals surface area contributed by atoms with Gasteiger partial charge in [0, 0.05) is 11.5 Å². The summed E-state index contributed by atoms with van der Waals surface area (Å²) in [5.74, 6) is 1.54. The normalized spacial score (nSPS) is 21.9. The summed E-state index contributed by atoms with van der Waals surface area (Å²) >= 11 is 0. The molecular weight excluding hydrogens is 216 g/mol. The monoisotopic (exact) mass is 234 g/mol. The van der Waals surface area contributed by atoms with E-state index in [2.05, 4.69) is 27.4 Å². The van der Waals surface area contributed by atoms with E-state index in [-0.39, 0.29) is 11.4 Å². The van der Waals surface area contributed by atoms with Crippen molar-refractivity contribution in [3.05, 3.63) is 11.6 Å². The van der Waals surface area contributed by atoms with Gasteiger partial charge in [-0.1, -0.05) is 6.92 Å². The van der Waals surface area contributed by atoms with Crippen molar-refractivity contribution in [3.8, 4) is 0 Å². The molecule has 0 saturated heterocycles. The van der Waals surface area contributed by atoms with E-state index in [1.54, 1.807) is 0 Å². The summed E-state index contributed by atoms with van der Waals surface area (Å²) in [6.07, 6.45) is 6.67. The van der Waals surface area contributed by atoms with E-state index in [0.29, 0.717) is 11.7 Å². The maximum absolute atomic E-state index is 12.0. The number of hydrogen-bond donors (Lipinski definition) is 2. The Hall–Kier alpha value is -1.39. The molecule has 1 amide bonds. The molecule has 1 heterocycles. The molecule has 1 aromatic heterocycles. The lowest BCUT2D eigenvalue weighted by atomic mass is 9.75. The molecule has 0 aliphatic heterocycles. The fourth-order valence-corrected chi connectivity index (χ4v) is 2.38. The van der Waals surface area contributed by atoms with Crippen LogP contribution in [0.5, 0.6) is 0 Å². The van der Waals surface area contributed by atoms with Crippen LogP contribution in [0.3, 0.4) is 0 Å². The van der Waals surface area contributed by atoms with Crippen LogP contribution in [0.25, 0.3) is 0 Å². The van der Waals surface area contributed by atoms with Crippen molar-refractivity contribution in [1.82, 2.24) is 20.5 Å². The molecule has 92 valence electrons. The Labute approximate surface area is 100 Å². The van der Waals surface area contributed by atoms with Gasteiger partial charge in [0.25, 0.3) is 5.91 Å². The smallest absolute Gasteiger partial charge is 0.291 e. The topological polar surface area (TPSA) is 70.7 Å². The molecule has 0 atom stereocenters. The predicted molar refractivity (Wildman–Crippen MR) is 62.7 cm³/mol. The maximum Gasteiger partial charge on any atom is 0.291 e. The van der Waals surface area contributed by atoms with Gasteiger partial charge in [-0.15, -0.1) is 5.10 Å². The molecule has 1 aromatic rings. The molecule has 2 saturated carbocycles. The molecule has 0 bridgehead atoms. The highest BCUT2D eigenvalue weighted by atomic mass is 16.2. The van der Waals surface area contributed by atoms with E-state index < -0.39 is 0 Å². The number of carbonyl (C=O) groups excluding carboxylic acids is 1. The maximum atomic E-state index is 12.0. The van der Waals surface area contributed by atoms with Crippen LogP contribution in [-0.4, -0.2) is 26.6 Å². The highest BCUT2D eigenvalue weighted by molar-refractivity contribution is 5.91. The lowest BCUT2D eigenvalue weighted by molar-refractivity contribution is 0.0810. The van der Waals surface area contributed by atoms with Crippen LogP contribution < -0.4 is 5.32 Å². The number of carbonyl (C=O) groups is 1. The Morgan fingerprint density at radius 2 is 2.29 bits per heavy atom. The standard InChI is InChI=1S/C12H18N4O/c1-2-12(6-3-7-12)14-11(17)10-13-9(15-16-10)8-4-5-8/h8H,2-7H2,1H3,(H,14,17)(H,13,15,16). The number of rotatable bonds is 4. The Kier molecular flexibility index (Phi) is 2.42. The van der Waals surface area contributed by atoms with Gasteiger partial charge in [-0.3, -0.25) is 9.89 Å². The number of nitrogens with zero attached hydrogens (tertiary/aromatic N) is 2. The summed E-state index contributed by atoms with van der Waals surface area (Å²) in [6, 6.07) is 0. The molecule has 0 spiro atoms. The number of amides is 1. The lowest BCUT2D eigenvalue weighted by Gasteiger charge is -2.41. The highest BCUT2D eigenvalue weighted by Crippen LogP contribution is 2.38. The van der Waals surface area contributed by atoms with Crippen molar-refractivity contribution in [3.63, 3.8) is 0 Å². The first-order chi connectivity index (χ1) is 8.22. The summed E-state index contributed by atoms with van der Waals surface area (Å²) in [5.41, 5.74) is 0.0114. The highest BCUT2D eigenvalue weighted by Gasteiger charge is 2.37. The van der Waals surface area contributed by atoms with Crippen LogP contribution in [0.1, 0.15) is 67.8 Å². The Morgan fingerprint density at radius 3 is 2.82 bits per heavy atom. The summed E-state index contributed by atoms with van der Waals surface area (Å²) < 4.78 is 0. The first-order valence-corrected chi connectivity index (χ1v) is 6.47. The minimum absolute atomic E-state index is 0.0114. The SMILES string of the molecule is CCC1(NC(=O)c2n[nH]c(C3CC3)n2)CCC1. The van der Waals surface area contributed by atoms with Gasteiger partial charge in [0.15, 0.2) is 0 Å². The van der Waals surface area contributed by atoms with Crippen molar-refractivity contribution < 1.29 is 4.79 Å².